The van der Waals surface area contributed by atoms with E-state index < -0.39 is 0 Å². The summed E-state index contributed by atoms with van der Waals surface area (Å²) in [6.07, 6.45) is 5.35. The summed E-state index contributed by atoms with van der Waals surface area (Å²) in [6.45, 7) is 2.35. The molecule has 1 fully saturated rings. The Balaban J connectivity index is 1.36. The molecule has 0 saturated carbocycles. The monoisotopic (exact) mass is 408 g/mol. The van der Waals surface area contributed by atoms with Crippen LogP contribution in [-0.4, -0.2) is 39.6 Å². The number of carbonyl (C=O) groups excluding carboxylic acids is 2. The van der Waals surface area contributed by atoms with Crippen molar-refractivity contribution in [1.29, 1.82) is 0 Å². The molecule has 0 bridgehead atoms. The normalized spacial score (nSPS) is 16.6. The zero-order chi connectivity index (χ0) is 20.1. The number of benzene rings is 1. The Morgan fingerprint density at radius 3 is 2.76 bits per heavy atom. The van der Waals surface area contributed by atoms with E-state index in [1.807, 2.05) is 57.6 Å². The van der Waals surface area contributed by atoms with Crippen molar-refractivity contribution in [2.24, 2.45) is 5.92 Å². The molecule has 1 atom stereocenters. The van der Waals surface area contributed by atoms with Crippen molar-refractivity contribution in [2.75, 3.05) is 13.1 Å². The van der Waals surface area contributed by atoms with E-state index in [0.29, 0.717) is 26.2 Å². The Kier molecular flexibility index (Phi) is 6.05. The number of amides is 2. The maximum absolute atomic E-state index is 12.8. The van der Waals surface area contributed by atoms with E-state index in [-0.39, 0.29) is 17.7 Å². The van der Waals surface area contributed by atoms with Crippen LogP contribution in [-0.2, 0) is 17.9 Å². The lowest BCUT2D eigenvalue weighted by atomic mass is 9.96. The van der Waals surface area contributed by atoms with Crippen LogP contribution in [0.1, 0.15) is 33.6 Å². The molecule has 3 heterocycles. The number of aromatic nitrogens is 2. The first-order valence-electron chi connectivity index (χ1n) is 9.85. The molecular formula is C22H24N4O2S. The summed E-state index contributed by atoms with van der Waals surface area (Å²) in [5.41, 5.74) is 2.22. The van der Waals surface area contributed by atoms with Crippen molar-refractivity contribution in [3.8, 4) is 0 Å². The zero-order valence-corrected chi connectivity index (χ0v) is 17.0. The second-order valence-electron chi connectivity index (χ2n) is 7.26. The molecule has 1 N–H and O–H groups in total. The number of likely N-dealkylation sites (tertiary alicyclic amines) is 1. The third-order valence-corrected chi connectivity index (χ3v) is 6.13. The van der Waals surface area contributed by atoms with Crippen molar-refractivity contribution in [3.63, 3.8) is 0 Å². The molecule has 29 heavy (non-hydrogen) atoms. The van der Waals surface area contributed by atoms with Crippen LogP contribution in [0.25, 0.3) is 0 Å². The molecule has 1 aliphatic heterocycles. The van der Waals surface area contributed by atoms with Gasteiger partial charge in [-0.1, -0.05) is 30.3 Å². The SMILES string of the molecule is O=C(NCc1ccccc1Cn1cccn1)[C@H]1CCCN(C(=O)c2cccs2)C1. The largest absolute Gasteiger partial charge is 0.352 e. The van der Waals surface area contributed by atoms with Crippen LogP contribution in [0.3, 0.4) is 0 Å². The summed E-state index contributed by atoms with van der Waals surface area (Å²) in [7, 11) is 0. The highest BCUT2D eigenvalue weighted by Crippen LogP contribution is 2.21. The lowest BCUT2D eigenvalue weighted by Gasteiger charge is -2.31. The number of thiophene rings is 1. The number of rotatable bonds is 6. The molecule has 1 saturated heterocycles. The van der Waals surface area contributed by atoms with Gasteiger partial charge in [-0.15, -0.1) is 11.3 Å². The fourth-order valence-electron chi connectivity index (χ4n) is 3.71. The molecule has 1 aromatic carbocycles. The number of carbonyl (C=O) groups is 2. The van der Waals surface area contributed by atoms with Gasteiger partial charge in [0, 0.05) is 32.0 Å². The lowest BCUT2D eigenvalue weighted by molar-refractivity contribution is -0.126. The topological polar surface area (TPSA) is 67.2 Å². The minimum absolute atomic E-state index is 0.0163. The van der Waals surface area contributed by atoms with Crippen LogP contribution in [0.4, 0.5) is 0 Å². The standard InChI is InChI=1S/C22H24N4O2S/c27-21(19-8-3-11-25(15-19)22(28)20-9-4-13-29-20)23-14-17-6-1-2-7-18(17)16-26-12-5-10-24-26/h1-2,4-7,9-10,12-13,19H,3,8,11,14-16H2,(H,23,27)/t19-/m0/s1. The smallest absolute Gasteiger partial charge is 0.263 e. The van der Waals surface area contributed by atoms with E-state index in [0.717, 1.165) is 28.8 Å². The molecule has 2 amide bonds. The third kappa shape index (κ3) is 4.74. The van der Waals surface area contributed by atoms with E-state index in [2.05, 4.69) is 16.5 Å². The van der Waals surface area contributed by atoms with Crippen LogP contribution in [0.5, 0.6) is 0 Å². The van der Waals surface area contributed by atoms with Gasteiger partial charge in [0.2, 0.25) is 5.91 Å². The van der Waals surface area contributed by atoms with Crippen molar-refractivity contribution >= 4 is 23.2 Å². The van der Waals surface area contributed by atoms with Crippen molar-refractivity contribution < 1.29 is 9.59 Å². The first-order chi connectivity index (χ1) is 14.2. The number of hydrogen-bond donors (Lipinski definition) is 1. The van der Waals surface area contributed by atoms with Gasteiger partial charge in [0.05, 0.1) is 17.3 Å². The summed E-state index contributed by atoms with van der Waals surface area (Å²) < 4.78 is 1.87. The fraction of sp³-hybridized carbons (Fsp3) is 0.318. The lowest BCUT2D eigenvalue weighted by Crippen LogP contribution is -2.45. The predicted molar refractivity (Wildman–Crippen MR) is 113 cm³/mol. The van der Waals surface area contributed by atoms with Crippen LogP contribution >= 0.6 is 11.3 Å². The second-order valence-corrected chi connectivity index (χ2v) is 8.21. The molecule has 150 valence electrons. The van der Waals surface area contributed by atoms with Crippen LogP contribution in [0.15, 0.2) is 60.2 Å². The summed E-state index contributed by atoms with van der Waals surface area (Å²) in [4.78, 5) is 27.9. The first-order valence-corrected chi connectivity index (χ1v) is 10.7. The van der Waals surface area contributed by atoms with Gasteiger partial charge in [0.15, 0.2) is 0 Å². The van der Waals surface area contributed by atoms with Crippen molar-refractivity contribution in [2.45, 2.75) is 25.9 Å². The molecule has 0 spiro atoms. The van der Waals surface area contributed by atoms with Gasteiger partial charge in [0.25, 0.3) is 5.91 Å². The summed E-state index contributed by atoms with van der Waals surface area (Å²) in [5.74, 6) is -0.115. The first kappa shape index (κ1) is 19.4. The maximum atomic E-state index is 12.8. The summed E-state index contributed by atoms with van der Waals surface area (Å²) >= 11 is 1.45. The average molecular weight is 409 g/mol. The minimum atomic E-state index is -0.161. The highest BCUT2D eigenvalue weighted by molar-refractivity contribution is 7.12. The Hall–Kier alpha value is -2.93. The van der Waals surface area contributed by atoms with E-state index >= 15 is 0 Å². The van der Waals surface area contributed by atoms with Crippen LogP contribution in [0, 0.1) is 5.92 Å². The van der Waals surface area contributed by atoms with Gasteiger partial charge >= 0.3 is 0 Å². The molecule has 7 heteroatoms. The summed E-state index contributed by atoms with van der Waals surface area (Å²) in [6, 6.07) is 13.7. The quantitative estimate of drug-likeness (QED) is 0.681. The Bertz CT molecular complexity index is 953. The highest BCUT2D eigenvalue weighted by Gasteiger charge is 2.29. The molecule has 4 rings (SSSR count). The summed E-state index contributed by atoms with van der Waals surface area (Å²) in [5, 5.41) is 9.24. The highest BCUT2D eigenvalue weighted by atomic mass is 32.1. The van der Waals surface area contributed by atoms with Gasteiger partial charge in [-0.05, 0) is 41.5 Å². The van der Waals surface area contributed by atoms with E-state index in [1.165, 1.54) is 11.3 Å². The third-order valence-electron chi connectivity index (χ3n) is 5.27. The van der Waals surface area contributed by atoms with Crippen LogP contribution in [0.2, 0.25) is 0 Å². The van der Waals surface area contributed by atoms with Crippen molar-refractivity contribution in [1.82, 2.24) is 20.0 Å². The molecule has 6 nitrogen and oxygen atoms in total. The predicted octanol–water partition coefficient (Wildman–Crippen LogP) is 3.16. The number of piperidine rings is 1. The van der Waals surface area contributed by atoms with Gasteiger partial charge in [0.1, 0.15) is 0 Å². The van der Waals surface area contributed by atoms with Gasteiger partial charge in [-0.25, -0.2) is 0 Å². The Morgan fingerprint density at radius 1 is 1.14 bits per heavy atom. The van der Waals surface area contributed by atoms with Crippen molar-refractivity contribution in [3.05, 3.63) is 76.2 Å². The average Bonchev–Trinajstić information content (AvgIpc) is 3.47. The Morgan fingerprint density at radius 2 is 2.00 bits per heavy atom. The number of nitrogens with one attached hydrogen (secondary N) is 1. The molecule has 1 aliphatic rings. The maximum Gasteiger partial charge on any atom is 0.263 e. The molecule has 0 aliphatic carbocycles. The van der Waals surface area contributed by atoms with E-state index in [4.69, 9.17) is 0 Å². The van der Waals surface area contributed by atoms with Gasteiger partial charge in [-0.3, -0.25) is 14.3 Å². The van der Waals surface area contributed by atoms with E-state index in [1.54, 1.807) is 6.20 Å². The fourth-order valence-corrected chi connectivity index (χ4v) is 4.40. The minimum Gasteiger partial charge on any atom is -0.352 e. The van der Waals surface area contributed by atoms with Crippen LogP contribution < -0.4 is 5.32 Å². The van der Waals surface area contributed by atoms with E-state index in [9.17, 15) is 9.59 Å². The second kappa shape index (κ2) is 9.05. The number of hydrogen-bond acceptors (Lipinski definition) is 4. The van der Waals surface area contributed by atoms with Gasteiger partial charge in [-0.2, -0.15) is 5.10 Å². The molecular weight excluding hydrogens is 384 g/mol. The molecule has 3 aromatic rings. The Labute approximate surface area is 174 Å². The molecule has 2 aromatic heterocycles. The molecule has 0 unspecified atom stereocenters. The van der Waals surface area contributed by atoms with Gasteiger partial charge < -0.3 is 10.2 Å². The number of nitrogens with zero attached hydrogens (tertiary/aromatic N) is 3. The zero-order valence-electron chi connectivity index (χ0n) is 16.2. The molecule has 0 radical (unpaired) electrons.